The first-order valence-electron chi connectivity index (χ1n) is 6.47. The van der Waals surface area contributed by atoms with Crippen LogP contribution in [0.5, 0.6) is 0 Å². The van der Waals surface area contributed by atoms with Crippen LogP contribution in [0.25, 0.3) is 0 Å². The summed E-state index contributed by atoms with van der Waals surface area (Å²) in [4.78, 5) is 2.48. The third-order valence-corrected chi connectivity index (χ3v) is 5.60. The highest BCUT2D eigenvalue weighted by atomic mass is 32.2. The Kier molecular flexibility index (Phi) is 3.87. The van der Waals surface area contributed by atoms with Gasteiger partial charge in [0.25, 0.3) is 0 Å². The van der Waals surface area contributed by atoms with Crippen LogP contribution in [-0.2, 0) is 0 Å². The third kappa shape index (κ3) is 2.57. The van der Waals surface area contributed by atoms with Crippen LogP contribution in [0.15, 0.2) is 0 Å². The van der Waals surface area contributed by atoms with Crippen molar-refractivity contribution in [3.63, 3.8) is 0 Å². The fraction of sp³-hybridized carbons (Fsp3) is 1.00. The smallest absolute Gasteiger partial charge is 0.0631 e. The number of aliphatic hydroxyl groups excluding tert-OH is 1. The van der Waals surface area contributed by atoms with Crippen molar-refractivity contribution in [2.45, 2.75) is 45.3 Å². The molecule has 3 atom stereocenters. The Morgan fingerprint density at radius 3 is 2.62 bits per heavy atom. The summed E-state index contributed by atoms with van der Waals surface area (Å²) >= 11 is 2.06. The van der Waals surface area contributed by atoms with E-state index in [1.54, 1.807) is 0 Å². The molecule has 1 aliphatic carbocycles. The average Bonchev–Trinajstić information content (AvgIpc) is 2.82. The van der Waals surface area contributed by atoms with Gasteiger partial charge in [-0.1, -0.05) is 13.8 Å². The second-order valence-electron chi connectivity index (χ2n) is 6.19. The number of hydrogen-bond acceptors (Lipinski definition) is 3. The van der Waals surface area contributed by atoms with Gasteiger partial charge >= 0.3 is 0 Å². The summed E-state index contributed by atoms with van der Waals surface area (Å²) in [6.07, 6.45) is 3.58. The van der Waals surface area contributed by atoms with Crippen LogP contribution >= 0.6 is 11.8 Å². The van der Waals surface area contributed by atoms with E-state index in [0.29, 0.717) is 5.92 Å². The molecule has 1 saturated heterocycles. The maximum atomic E-state index is 10.3. The monoisotopic (exact) mass is 243 g/mol. The summed E-state index contributed by atoms with van der Waals surface area (Å²) in [5.41, 5.74) is 0.135. The molecule has 0 spiro atoms. The molecule has 1 heterocycles. The molecular weight excluding hydrogens is 218 g/mol. The fourth-order valence-electron chi connectivity index (χ4n) is 3.08. The predicted molar refractivity (Wildman–Crippen MR) is 70.9 cm³/mol. The van der Waals surface area contributed by atoms with Crippen molar-refractivity contribution in [3.8, 4) is 0 Å². The van der Waals surface area contributed by atoms with E-state index < -0.39 is 0 Å². The maximum absolute atomic E-state index is 10.3. The van der Waals surface area contributed by atoms with Crippen LogP contribution < -0.4 is 0 Å². The van der Waals surface area contributed by atoms with Crippen LogP contribution in [0.4, 0.5) is 0 Å². The van der Waals surface area contributed by atoms with Crippen molar-refractivity contribution in [2.24, 2.45) is 11.3 Å². The first-order chi connectivity index (χ1) is 7.50. The van der Waals surface area contributed by atoms with Gasteiger partial charge < -0.3 is 10.0 Å². The van der Waals surface area contributed by atoms with E-state index in [1.807, 2.05) is 0 Å². The molecule has 2 nitrogen and oxygen atoms in total. The standard InChI is InChI=1S/C13H25NOS/c1-13(2)6-4-10(12(13)15)8-14(3)11-5-7-16-9-11/h10-12,15H,4-9H2,1-3H3. The maximum Gasteiger partial charge on any atom is 0.0631 e. The average molecular weight is 243 g/mol. The quantitative estimate of drug-likeness (QED) is 0.822. The zero-order chi connectivity index (χ0) is 11.8. The molecule has 0 aromatic carbocycles. The van der Waals surface area contributed by atoms with E-state index in [2.05, 4.69) is 37.6 Å². The Morgan fingerprint density at radius 2 is 2.12 bits per heavy atom. The Labute approximate surface area is 104 Å². The fourth-order valence-corrected chi connectivity index (χ4v) is 4.38. The molecule has 16 heavy (non-hydrogen) atoms. The molecule has 0 bridgehead atoms. The second-order valence-corrected chi connectivity index (χ2v) is 7.34. The van der Waals surface area contributed by atoms with Crippen LogP contribution in [0.1, 0.15) is 33.1 Å². The summed E-state index contributed by atoms with van der Waals surface area (Å²) in [6.45, 7) is 5.47. The Balaban J connectivity index is 1.85. The van der Waals surface area contributed by atoms with E-state index in [4.69, 9.17) is 0 Å². The lowest BCUT2D eigenvalue weighted by molar-refractivity contribution is 0.0320. The third-order valence-electron chi connectivity index (χ3n) is 4.46. The van der Waals surface area contributed by atoms with Crippen molar-refractivity contribution < 1.29 is 5.11 Å². The molecule has 0 aromatic rings. The van der Waals surface area contributed by atoms with Gasteiger partial charge in [0.2, 0.25) is 0 Å². The molecule has 0 radical (unpaired) electrons. The Bertz CT molecular complexity index is 238. The number of nitrogens with zero attached hydrogens (tertiary/aromatic N) is 1. The molecular formula is C13H25NOS. The highest BCUT2D eigenvalue weighted by molar-refractivity contribution is 7.99. The van der Waals surface area contributed by atoms with E-state index in [1.165, 1.54) is 30.8 Å². The number of thioether (sulfide) groups is 1. The molecule has 3 heteroatoms. The topological polar surface area (TPSA) is 23.5 Å². The largest absolute Gasteiger partial charge is 0.392 e. The highest BCUT2D eigenvalue weighted by Crippen LogP contribution is 2.41. The minimum absolute atomic E-state index is 0.107. The molecule has 1 aliphatic heterocycles. The lowest BCUT2D eigenvalue weighted by Crippen LogP contribution is -2.39. The van der Waals surface area contributed by atoms with Gasteiger partial charge in [-0.3, -0.25) is 0 Å². The lowest BCUT2D eigenvalue weighted by Gasteiger charge is -2.30. The zero-order valence-corrected chi connectivity index (χ0v) is 11.6. The van der Waals surface area contributed by atoms with Gasteiger partial charge in [0.15, 0.2) is 0 Å². The SMILES string of the molecule is CN(CC1CCC(C)(C)C1O)C1CCSC1. The van der Waals surface area contributed by atoms with Crippen molar-refractivity contribution in [1.29, 1.82) is 0 Å². The summed E-state index contributed by atoms with van der Waals surface area (Å²) in [6, 6.07) is 0.751. The van der Waals surface area contributed by atoms with Gasteiger partial charge in [0, 0.05) is 18.3 Å². The Morgan fingerprint density at radius 1 is 1.38 bits per heavy atom. The van der Waals surface area contributed by atoms with Crippen LogP contribution in [0.3, 0.4) is 0 Å². The van der Waals surface area contributed by atoms with Crippen molar-refractivity contribution in [2.75, 3.05) is 25.1 Å². The van der Waals surface area contributed by atoms with E-state index in [9.17, 15) is 5.11 Å². The van der Waals surface area contributed by atoms with E-state index >= 15 is 0 Å². The van der Waals surface area contributed by atoms with Crippen molar-refractivity contribution >= 4 is 11.8 Å². The van der Waals surface area contributed by atoms with Crippen LogP contribution in [0.2, 0.25) is 0 Å². The van der Waals surface area contributed by atoms with Gasteiger partial charge in [-0.25, -0.2) is 0 Å². The summed E-state index contributed by atoms with van der Waals surface area (Å²) in [7, 11) is 2.23. The lowest BCUT2D eigenvalue weighted by atomic mass is 9.87. The van der Waals surface area contributed by atoms with Crippen LogP contribution in [-0.4, -0.2) is 47.3 Å². The molecule has 2 aliphatic rings. The zero-order valence-electron chi connectivity index (χ0n) is 10.8. The molecule has 94 valence electrons. The minimum Gasteiger partial charge on any atom is -0.392 e. The normalized spacial score (nSPS) is 38.4. The number of rotatable bonds is 3. The molecule has 2 rings (SSSR count). The molecule has 0 aromatic heterocycles. The van der Waals surface area contributed by atoms with Crippen molar-refractivity contribution in [3.05, 3.63) is 0 Å². The number of aliphatic hydroxyl groups is 1. The molecule has 1 N–H and O–H groups in total. The van der Waals surface area contributed by atoms with Gasteiger partial charge in [0.1, 0.15) is 0 Å². The summed E-state index contributed by atoms with van der Waals surface area (Å²) < 4.78 is 0. The van der Waals surface area contributed by atoms with E-state index in [0.717, 1.165) is 12.6 Å². The highest BCUT2D eigenvalue weighted by Gasteiger charge is 2.41. The van der Waals surface area contributed by atoms with Gasteiger partial charge in [-0.2, -0.15) is 11.8 Å². The predicted octanol–water partition coefficient (Wildman–Crippen LogP) is 2.22. The minimum atomic E-state index is -0.107. The second kappa shape index (κ2) is 4.87. The van der Waals surface area contributed by atoms with Crippen LogP contribution in [0, 0.1) is 11.3 Å². The first-order valence-corrected chi connectivity index (χ1v) is 7.62. The summed E-state index contributed by atoms with van der Waals surface area (Å²) in [5, 5.41) is 10.3. The molecule has 1 saturated carbocycles. The van der Waals surface area contributed by atoms with Crippen molar-refractivity contribution in [1.82, 2.24) is 4.90 Å². The first kappa shape index (κ1) is 12.7. The van der Waals surface area contributed by atoms with Gasteiger partial charge in [0.05, 0.1) is 6.10 Å². The molecule has 0 amide bonds. The van der Waals surface area contributed by atoms with Gasteiger partial charge in [-0.05, 0) is 43.4 Å². The summed E-state index contributed by atoms with van der Waals surface area (Å²) in [5.74, 6) is 3.08. The van der Waals surface area contributed by atoms with Gasteiger partial charge in [-0.15, -0.1) is 0 Å². The Hall–Kier alpha value is 0.270. The molecule has 3 unspecified atom stereocenters. The molecule has 2 fully saturated rings. The van der Waals surface area contributed by atoms with E-state index in [-0.39, 0.29) is 11.5 Å². The number of hydrogen-bond donors (Lipinski definition) is 1.